The van der Waals surface area contributed by atoms with Crippen LogP contribution in [0.3, 0.4) is 0 Å². The van der Waals surface area contributed by atoms with Gasteiger partial charge in [0.25, 0.3) is 5.56 Å². The van der Waals surface area contributed by atoms with E-state index in [0.29, 0.717) is 52.6 Å². The molecule has 15 N–H and O–H groups in total. The maximum atomic E-state index is 12.3. The van der Waals surface area contributed by atoms with E-state index < -0.39 is 22.8 Å². The number of carboxylic acid groups (broad SMARTS) is 1. The van der Waals surface area contributed by atoms with Gasteiger partial charge >= 0.3 is 18.8 Å². The maximum absolute atomic E-state index is 12.3. The first kappa shape index (κ1) is 96.0. The van der Waals surface area contributed by atoms with Crippen LogP contribution in [0.2, 0.25) is 0 Å². The number of nitrogen functional groups attached to an aromatic ring is 6. The number of rotatable bonds is 12. The summed E-state index contributed by atoms with van der Waals surface area (Å²) in [4.78, 5) is 90.2. The second kappa shape index (κ2) is 42.3. The van der Waals surface area contributed by atoms with Crippen molar-refractivity contribution in [2.24, 2.45) is 17.8 Å². The SMILES string of the molecule is CC(C)C(=O)Cl.CC(C)C(=O)N1CCC(c2cc(-c3ccc(N)cc3)c3c(N)ncnn23)CC1.CC(C)C(=O)N1CCC(c2cc(Br)c3c(N)ncnn23)CC1.CC(C)n1cc(C(=O)O)c(=O)n(-c2ccccc2)c1=O.CC1(C)OB(c2ccc(N)cc2)OC1(C)C.Nc1ncnn2c(C3CCNCC3)cc(Br)c12.Nc1ncnn2c(C3CCNCC3)cc(Br)c12. The Bertz CT molecular complexity index is 5800. The Balaban J connectivity index is 0.000000146. The number of amides is 2. The van der Waals surface area contributed by atoms with E-state index in [0.717, 1.165) is 189 Å². The van der Waals surface area contributed by atoms with E-state index >= 15 is 0 Å². The number of carbonyl (C=O) groups is 4. The van der Waals surface area contributed by atoms with Gasteiger partial charge in [0.05, 0.1) is 16.9 Å². The molecule has 5 aliphatic heterocycles. The summed E-state index contributed by atoms with van der Waals surface area (Å²) in [7, 11) is -0.300. The fourth-order valence-corrected chi connectivity index (χ4v) is 17.4. The topological polar surface area (TPSA) is 458 Å². The second-order valence-corrected chi connectivity index (χ2v) is 36.8. The average Bonchev–Trinajstić information content (AvgIpc) is 1.60. The Morgan fingerprint density at radius 3 is 1.18 bits per heavy atom. The number of nitrogens with two attached hydrogens (primary N) is 6. The first-order valence-electron chi connectivity index (χ1n) is 42.2. The zero-order valence-electron chi connectivity index (χ0n) is 73.1. The van der Waals surface area contributed by atoms with Gasteiger partial charge in [-0.2, -0.15) is 20.4 Å². The van der Waals surface area contributed by atoms with Crippen LogP contribution in [0.15, 0.2) is 158 Å². The third-order valence-corrected chi connectivity index (χ3v) is 25.6. The fraction of sp³-hybridized carbons (Fsp3) is 0.432. The monoisotopic (exact) mass is 1930 g/mol. The molecule has 0 saturated carbocycles. The Morgan fingerprint density at radius 1 is 0.492 bits per heavy atom. The van der Waals surface area contributed by atoms with Gasteiger partial charge in [0, 0.05) is 133 Å². The molecule has 126 heavy (non-hydrogen) atoms. The summed E-state index contributed by atoms with van der Waals surface area (Å²) in [5.41, 5.74) is 46.0. The molecule has 0 radical (unpaired) electrons. The van der Waals surface area contributed by atoms with E-state index in [9.17, 15) is 28.8 Å². The van der Waals surface area contributed by atoms with Crippen LogP contribution < -0.4 is 61.7 Å². The summed E-state index contributed by atoms with van der Waals surface area (Å²) < 4.78 is 24.5. The third kappa shape index (κ3) is 22.5. The molecule has 2 amide bonds. The molecular formula is C88H113BBr3ClN24O9. The minimum absolute atomic E-state index is 0.0216. The summed E-state index contributed by atoms with van der Waals surface area (Å²) in [5, 5.41) is 33.0. The number of carbonyl (C=O) groups excluding carboxylic acids is 3. The highest BCUT2D eigenvalue weighted by Gasteiger charge is 2.52. The number of halogens is 4. The Morgan fingerprint density at radius 2 is 0.833 bits per heavy atom. The van der Waals surface area contributed by atoms with Gasteiger partial charge in [-0.3, -0.25) is 23.7 Å². The Hall–Kier alpha value is -10.7. The van der Waals surface area contributed by atoms with Crippen molar-refractivity contribution in [3.63, 3.8) is 0 Å². The average molecular weight is 1940 g/mol. The molecule has 5 saturated heterocycles. The number of aromatic nitrogens is 14. The van der Waals surface area contributed by atoms with Crippen LogP contribution >= 0.6 is 59.4 Å². The zero-order valence-corrected chi connectivity index (χ0v) is 78.6. The number of hydrogen-bond acceptors (Lipinski definition) is 24. The summed E-state index contributed by atoms with van der Waals surface area (Å²) >= 11 is 15.6. The predicted molar refractivity (Wildman–Crippen MR) is 505 cm³/mol. The van der Waals surface area contributed by atoms with Gasteiger partial charge in [0.15, 0.2) is 23.3 Å². The number of fused-ring (bicyclic) bond motifs is 4. The lowest BCUT2D eigenvalue weighted by Crippen LogP contribution is -2.41. The van der Waals surface area contributed by atoms with Crippen LogP contribution in [0.4, 0.5) is 34.6 Å². The van der Waals surface area contributed by atoms with Crippen LogP contribution in [-0.4, -0.2) is 176 Å². The van der Waals surface area contributed by atoms with Crippen LogP contribution in [0, 0.1) is 17.8 Å². The van der Waals surface area contributed by atoms with Crippen LogP contribution in [-0.2, 0) is 23.7 Å². The molecule has 5 aliphatic rings. The lowest BCUT2D eigenvalue weighted by Gasteiger charge is -2.33. The number of piperidine rings is 4. The first-order chi connectivity index (χ1) is 59.9. The van der Waals surface area contributed by atoms with E-state index in [2.05, 4.69) is 123 Å². The Kier molecular flexibility index (Phi) is 32.2. The minimum atomic E-state index is -1.35. The largest absolute Gasteiger partial charge is 0.494 e. The number of anilines is 6. The number of nitrogens with zero attached hydrogens (tertiary/aromatic N) is 16. The van der Waals surface area contributed by atoms with Gasteiger partial charge in [-0.25, -0.2) is 52.2 Å². The normalized spacial score (nSPS) is 16.1. The quantitative estimate of drug-likeness (QED) is 0.0312. The third-order valence-electron chi connectivity index (χ3n) is 23.3. The van der Waals surface area contributed by atoms with Crippen molar-refractivity contribution in [1.29, 1.82) is 0 Å². The number of para-hydroxylation sites is 1. The highest BCUT2D eigenvalue weighted by atomic mass is 79.9. The predicted octanol–water partition coefficient (Wildman–Crippen LogP) is 12.7. The van der Waals surface area contributed by atoms with Crippen molar-refractivity contribution in [2.75, 3.05) is 86.8 Å². The van der Waals surface area contributed by atoms with Crippen LogP contribution in [0.25, 0.3) is 38.9 Å². The molecule has 9 aromatic heterocycles. The maximum Gasteiger partial charge on any atom is 0.494 e. The molecule has 0 unspecified atom stereocenters. The van der Waals surface area contributed by atoms with Crippen molar-refractivity contribution >= 4 is 152 Å². The molecule has 0 spiro atoms. The van der Waals surface area contributed by atoms with Crippen molar-refractivity contribution in [1.82, 2.24) is 88.0 Å². The molecule has 3 aromatic carbocycles. The smallest absolute Gasteiger partial charge is 0.477 e. The number of hydrogen-bond donors (Lipinski definition) is 9. The molecule has 12 aromatic rings. The minimum Gasteiger partial charge on any atom is -0.477 e. The van der Waals surface area contributed by atoms with Gasteiger partial charge in [-0.05, 0) is 250 Å². The summed E-state index contributed by atoms with van der Waals surface area (Å²) in [6.45, 7) is 30.4. The lowest BCUT2D eigenvalue weighted by molar-refractivity contribution is -0.136. The molecule has 14 heterocycles. The second-order valence-electron chi connectivity index (χ2n) is 33.9. The van der Waals surface area contributed by atoms with Crippen molar-refractivity contribution in [3.8, 4) is 16.8 Å². The molecule has 33 nitrogen and oxygen atoms in total. The van der Waals surface area contributed by atoms with E-state index in [1.165, 1.54) is 41.3 Å². The molecule has 0 atom stereocenters. The fourth-order valence-electron chi connectivity index (χ4n) is 15.6. The lowest BCUT2D eigenvalue weighted by atomic mass is 9.79. The van der Waals surface area contributed by atoms with E-state index in [4.69, 9.17) is 60.4 Å². The number of benzene rings is 3. The first-order valence-corrected chi connectivity index (χ1v) is 45.0. The van der Waals surface area contributed by atoms with Crippen LogP contribution in [0.1, 0.15) is 197 Å². The molecule has 17 rings (SSSR count). The summed E-state index contributed by atoms with van der Waals surface area (Å²) in [5.74, 6) is 2.96. The number of aromatic carboxylic acids is 1. The molecule has 38 heteroatoms. The Labute approximate surface area is 762 Å². The highest BCUT2D eigenvalue weighted by Crippen LogP contribution is 2.41. The molecule has 0 bridgehead atoms. The zero-order chi connectivity index (χ0) is 91.3. The summed E-state index contributed by atoms with van der Waals surface area (Å²) in [6.07, 6.45) is 15.4. The highest BCUT2D eigenvalue weighted by molar-refractivity contribution is 9.11. The molecular weight excluding hydrogens is 1820 g/mol. The van der Waals surface area contributed by atoms with Gasteiger partial charge in [-0.1, -0.05) is 84.0 Å². The van der Waals surface area contributed by atoms with Crippen LogP contribution in [0.5, 0.6) is 0 Å². The molecule has 0 aliphatic carbocycles. The van der Waals surface area contributed by atoms with Gasteiger partial charge in [-0.15, -0.1) is 0 Å². The van der Waals surface area contributed by atoms with Gasteiger partial charge in [0.2, 0.25) is 17.1 Å². The van der Waals surface area contributed by atoms with E-state index in [1.807, 2.05) is 132 Å². The van der Waals surface area contributed by atoms with E-state index in [-0.39, 0.29) is 59.2 Å². The van der Waals surface area contributed by atoms with Crippen molar-refractivity contribution in [3.05, 3.63) is 197 Å². The van der Waals surface area contributed by atoms with E-state index in [1.54, 1.807) is 58.0 Å². The molecule has 670 valence electrons. The summed E-state index contributed by atoms with van der Waals surface area (Å²) in [6, 6.07) is 31.8. The molecule has 5 fully saturated rings. The van der Waals surface area contributed by atoms with Crippen molar-refractivity contribution in [2.45, 2.75) is 175 Å². The number of nitrogens with one attached hydrogen (secondary N) is 2. The standard InChI is InChI=1S/C21H26N6O.C15H20BrN5O.C14H14N2O4.C12H18BNO2.2C11H14BrN5.C4H7ClO/c1-13(2)21(28)26-9-7-15(8-10-26)18-11-17(14-3-5-16(22)6-4-14)19-20(23)24-12-25-27(18)19;1-9(2)15(22)20-5-3-10(4-6-20)12-7-11(16)13-14(17)18-8-19-21(12)13;1-9(2)15-8-11(13(18)19)12(17)16(14(15)20)10-6-4-3-5-7-10;1-11(2)12(3,4)16-13(15-11)9-5-7-10(14)8-6-9;2*12-8-5-9(7-1-3-14-4-2-7)17-10(8)11(13)15-6-16-17;1-3(2)4(5)6/h3-6,11-13,15H,7-10,22H2,1-2H3,(H2,23,24,25);7-10H,3-6H2,1-2H3,(H2,17,18,19);3-9H,1-2H3,(H,18,19);5-8H,14H2,1-4H3;2*5-7,14H,1-4H2,(H2,13,15,16);3H,1-2H3. The van der Waals surface area contributed by atoms with Gasteiger partial charge in [0.1, 0.15) is 52.9 Å². The van der Waals surface area contributed by atoms with Gasteiger partial charge < -0.3 is 69.3 Å². The number of carboxylic acids is 1. The van der Waals surface area contributed by atoms with Crippen molar-refractivity contribution < 1.29 is 33.6 Å². The number of likely N-dealkylation sites (tertiary alicyclic amines) is 2.